The van der Waals surface area contributed by atoms with Crippen molar-refractivity contribution in [2.24, 2.45) is 0 Å². The average molecular weight is 305 g/mol. The zero-order valence-electron chi connectivity index (χ0n) is 10.9. The van der Waals surface area contributed by atoms with Gasteiger partial charge < -0.3 is 10.4 Å². The van der Waals surface area contributed by atoms with Crippen LogP contribution in [0.5, 0.6) is 5.75 Å². The van der Waals surface area contributed by atoms with Gasteiger partial charge in [-0.15, -0.1) is 0 Å². The molecule has 3 aromatic heterocycles. The highest BCUT2D eigenvalue weighted by Crippen LogP contribution is 2.21. The summed E-state index contributed by atoms with van der Waals surface area (Å²) >= 11 is 0. The molecule has 112 valence electrons. The quantitative estimate of drug-likeness (QED) is 0.772. The van der Waals surface area contributed by atoms with Crippen molar-refractivity contribution in [2.45, 2.75) is 6.43 Å². The van der Waals surface area contributed by atoms with Gasteiger partial charge in [-0.2, -0.15) is 5.10 Å². The number of alkyl halides is 2. The van der Waals surface area contributed by atoms with E-state index in [0.29, 0.717) is 0 Å². The number of aromatic nitrogens is 4. The first-order valence-corrected chi connectivity index (χ1v) is 6.14. The standard InChI is InChI=1S/C13H9F2N5O2/c14-11(15)8-3-5-16-10-6-7(19-20(8)10)13(22)18-12-9(21)2-1-4-17-12/h1-6,11,21H,(H,17,18,22). The summed E-state index contributed by atoms with van der Waals surface area (Å²) in [6, 6.07) is 5.23. The molecule has 0 atom stereocenters. The highest BCUT2D eigenvalue weighted by atomic mass is 19.3. The topological polar surface area (TPSA) is 92.4 Å². The molecule has 0 aliphatic rings. The van der Waals surface area contributed by atoms with E-state index in [9.17, 15) is 18.7 Å². The van der Waals surface area contributed by atoms with Gasteiger partial charge in [-0.05, 0) is 18.2 Å². The van der Waals surface area contributed by atoms with E-state index in [-0.39, 0.29) is 28.6 Å². The molecule has 0 radical (unpaired) electrons. The number of fused-ring (bicyclic) bond motifs is 1. The molecule has 2 N–H and O–H groups in total. The van der Waals surface area contributed by atoms with E-state index in [1.165, 1.54) is 30.6 Å². The fourth-order valence-electron chi connectivity index (χ4n) is 1.85. The first-order valence-electron chi connectivity index (χ1n) is 6.14. The molecular weight excluding hydrogens is 296 g/mol. The largest absolute Gasteiger partial charge is 0.504 e. The Kier molecular flexibility index (Phi) is 3.37. The van der Waals surface area contributed by atoms with Crippen molar-refractivity contribution in [1.82, 2.24) is 19.6 Å². The molecule has 22 heavy (non-hydrogen) atoms. The lowest BCUT2D eigenvalue weighted by Crippen LogP contribution is -2.14. The van der Waals surface area contributed by atoms with Gasteiger partial charge >= 0.3 is 0 Å². The van der Waals surface area contributed by atoms with Crippen LogP contribution in [0.15, 0.2) is 36.7 Å². The summed E-state index contributed by atoms with van der Waals surface area (Å²) in [6.07, 6.45) is -0.151. The zero-order valence-corrected chi connectivity index (χ0v) is 10.9. The van der Waals surface area contributed by atoms with Gasteiger partial charge in [-0.1, -0.05) is 0 Å². The number of nitrogens with one attached hydrogen (secondary N) is 1. The lowest BCUT2D eigenvalue weighted by atomic mass is 10.3. The maximum Gasteiger partial charge on any atom is 0.280 e. The van der Waals surface area contributed by atoms with Gasteiger partial charge in [0.25, 0.3) is 12.3 Å². The molecule has 0 aromatic carbocycles. The summed E-state index contributed by atoms with van der Waals surface area (Å²) in [4.78, 5) is 19.7. The molecule has 0 saturated heterocycles. The van der Waals surface area contributed by atoms with Gasteiger partial charge in [0, 0.05) is 18.5 Å². The maximum atomic E-state index is 12.9. The second-order valence-corrected chi connectivity index (χ2v) is 4.30. The number of pyridine rings is 1. The number of aromatic hydroxyl groups is 1. The average Bonchev–Trinajstić information content (AvgIpc) is 2.93. The number of carbonyl (C=O) groups is 1. The van der Waals surface area contributed by atoms with E-state index < -0.39 is 12.3 Å². The van der Waals surface area contributed by atoms with Gasteiger partial charge in [0.2, 0.25) is 0 Å². The number of amides is 1. The van der Waals surface area contributed by atoms with Crippen molar-refractivity contribution in [1.29, 1.82) is 0 Å². The normalized spacial score (nSPS) is 11.0. The Balaban J connectivity index is 1.95. The number of anilines is 1. The Bertz CT molecular complexity index is 849. The fraction of sp³-hybridized carbons (Fsp3) is 0.0769. The predicted octanol–water partition coefficient (Wildman–Crippen LogP) is 2.02. The van der Waals surface area contributed by atoms with Crippen LogP contribution in [-0.4, -0.2) is 30.6 Å². The maximum absolute atomic E-state index is 12.9. The van der Waals surface area contributed by atoms with Crippen molar-refractivity contribution in [3.8, 4) is 5.75 Å². The summed E-state index contributed by atoms with van der Waals surface area (Å²) in [5.41, 5.74) is -0.372. The third kappa shape index (κ3) is 2.43. The van der Waals surface area contributed by atoms with Gasteiger partial charge in [-0.3, -0.25) is 4.79 Å². The molecule has 3 heterocycles. The summed E-state index contributed by atoms with van der Waals surface area (Å²) < 4.78 is 26.7. The molecular formula is C13H9F2N5O2. The van der Waals surface area contributed by atoms with E-state index >= 15 is 0 Å². The number of rotatable bonds is 3. The molecule has 0 spiro atoms. The van der Waals surface area contributed by atoms with Crippen LogP contribution < -0.4 is 5.32 Å². The monoisotopic (exact) mass is 305 g/mol. The van der Waals surface area contributed by atoms with Crippen molar-refractivity contribution >= 4 is 17.4 Å². The Morgan fingerprint density at radius 1 is 1.27 bits per heavy atom. The minimum atomic E-state index is -2.75. The Morgan fingerprint density at radius 3 is 2.82 bits per heavy atom. The van der Waals surface area contributed by atoms with Crippen LogP contribution in [0.1, 0.15) is 22.6 Å². The zero-order chi connectivity index (χ0) is 15.7. The molecule has 0 unspecified atom stereocenters. The van der Waals surface area contributed by atoms with E-state index in [0.717, 1.165) is 10.6 Å². The third-order valence-corrected chi connectivity index (χ3v) is 2.86. The van der Waals surface area contributed by atoms with Gasteiger partial charge in [-0.25, -0.2) is 23.3 Å². The molecule has 0 bridgehead atoms. The van der Waals surface area contributed by atoms with Crippen LogP contribution in [0, 0.1) is 0 Å². The van der Waals surface area contributed by atoms with Crippen molar-refractivity contribution in [3.05, 3.63) is 48.0 Å². The molecule has 9 heteroatoms. The summed E-state index contributed by atoms with van der Waals surface area (Å²) in [6.45, 7) is 0. The fourth-order valence-corrected chi connectivity index (χ4v) is 1.85. The number of carbonyl (C=O) groups excluding carboxylic acids is 1. The lowest BCUT2D eigenvalue weighted by molar-refractivity contribution is 0.102. The van der Waals surface area contributed by atoms with Gasteiger partial charge in [0.1, 0.15) is 5.69 Å². The van der Waals surface area contributed by atoms with Gasteiger partial charge in [0.15, 0.2) is 22.9 Å². The van der Waals surface area contributed by atoms with Crippen molar-refractivity contribution < 1.29 is 18.7 Å². The smallest absolute Gasteiger partial charge is 0.280 e. The lowest BCUT2D eigenvalue weighted by Gasteiger charge is -2.03. The highest BCUT2D eigenvalue weighted by Gasteiger charge is 2.18. The van der Waals surface area contributed by atoms with Crippen LogP contribution in [0.25, 0.3) is 5.65 Å². The molecule has 0 aliphatic carbocycles. The van der Waals surface area contributed by atoms with E-state index in [2.05, 4.69) is 20.4 Å². The van der Waals surface area contributed by atoms with E-state index in [1.807, 2.05) is 0 Å². The second-order valence-electron chi connectivity index (χ2n) is 4.30. The van der Waals surface area contributed by atoms with Crippen LogP contribution >= 0.6 is 0 Å². The molecule has 0 saturated carbocycles. The summed E-state index contributed by atoms with van der Waals surface area (Å²) in [5.74, 6) is -0.961. The van der Waals surface area contributed by atoms with Crippen LogP contribution in [0.3, 0.4) is 0 Å². The number of halogens is 2. The molecule has 3 aromatic rings. The molecule has 0 fully saturated rings. The molecule has 3 rings (SSSR count). The van der Waals surface area contributed by atoms with Gasteiger partial charge in [0.05, 0.1) is 0 Å². The van der Waals surface area contributed by atoms with Crippen LogP contribution in [0.2, 0.25) is 0 Å². The van der Waals surface area contributed by atoms with Crippen molar-refractivity contribution in [2.75, 3.05) is 5.32 Å². The first kappa shape index (κ1) is 13.9. The Morgan fingerprint density at radius 2 is 2.09 bits per heavy atom. The predicted molar refractivity (Wildman–Crippen MR) is 71.8 cm³/mol. The molecule has 7 nitrogen and oxygen atoms in total. The summed E-state index contributed by atoms with van der Waals surface area (Å²) in [5, 5.41) is 15.7. The minimum absolute atomic E-state index is 0.0494. The summed E-state index contributed by atoms with van der Waals surface area (Å²) in [7, 11) is 0. The van der Waals surface area contributed by atoms with E-state index in [4.69, 9.17) is 0 Å². The number of hydrogen-bond donors (Lipinski definition) is 2. The van der Waals surface area contributed by atoms with Crippen LogP contribution in [0.4, 0.5) is 14.6 Å². The SMILES string of the molecule is O=C(Nc1ncccc1O)c1cc2nccc(C(F)F)n2n1. The second kappa shape index (κ2) is 5.35. The number of nitrogens with zero attached hydrogens (tertiary/aromatic N) is 4. The first-order chi connectivity index (χ1) is 10.6. The van der Waals surface area contributed by atoms with E-state index in [1.54, 1.807) is 0 Å². The number of hydrogen-bond acceptors (Lipinski definition) is 5. The highest BCUT2D eigenvalue weighted by molar-refractivity contribution is 6.03. The Labute approximate surface area is 122 Å². The third-order valence-electron chi connectivity index (χ3n) is 2.86. The Hall–Kier alpha value is -3.10. The molecule has 0 aliphatic heterocycles. The molecule has 1 amide bonds. The van der Waals surface area contributed by atoms with Crippen molar-refractivity contribution in [3.63, 3.8) is 0 Å². The van der Waals surface area contributed by atoms with Crippen LogP contribution in [-0.2, 0) is 0 Å². The minimum Gasteiger partial charge on any atom is -0.504 e.